The van der Waals surface area contributed by atoms with Crippen molar-refractivity contribution in [2.24, 2.45) is 0 Å². The first kappa shape index (κ1) is 15.9. The first-order valence-electron chi connectivity index (χ1n) is 7.68. The number of carbonyl (C=O) groups excluding carboxylic acids is 1. The van der Waals surface area contributed by atoms with Crippen molar-refractivity contribution in [3.8, 4) is 5.69 Å². The van der Waals surface area contributed by atoms with Crippen molar-refractivity contribution in [1.82, 2.24) is 20.3 Å². The first-order chi connectivity index (χ1) is 11.8. The van der Waals surface area contributed by atoms with Crippen LogP contribution in [0.25, 0.3) is 5.69 Å². The average molecular weight is 322 g/mol. The maximum Gasteiger partial charge on any atom is 0.251 e. The van der Waals surface area contributed by atoms with Crippen molar-refractivity contribution in [3.63, 3.8) is 0 Å². The van der Waals surface area contributed by atoms with E-state index in [0.717, 1.165) is 11.3 Å². The van der Waals surface area contributed by atoms with Gasteiger partial charge in [-0.3, -0.25) is 4.79 Å². The van der Waals surface area contributed by atoms with E-state index in [2.05, 4.69) is 15.6 Å². The molecule has 0 fully saturated rings. The van der Waals surface area contributed by atoms with Crippen molar-refractivity contribution in [3.05, 3.63) is 78.1 Å². The maximum absolute atomic E-state index is 12.5. The summed E-state index contributed by atoms with van der Waals surface area (Å²) >= 11 is 0. The third kappa shape index (κ3) is 3.85. The summed E-state index contributed by atoms with van der Waals surface area (Å²) in [6.45, 7) is -0.122. The van der Waals surface area contributed by atoms with Gasteiger partial charge in [-0.05, 0) is 30.2 Å². The van der Waals surface area contributed by atoms with Crippen LogP contribution in [0.2, 0.25) is 0 Å². The molecule has 0 aliphatic heterocycles. The van der Waals surface area contributed by atoms with Crippen LogP contribution in [0.5, 0.6) is 0 Å². The molecule has 2 aromatic carbocycles. The highest BCUT2D eigenvalue weighted by Crippen LogP contribution is 2.10. The van der Waals surface area contributed by atoms with Gasteiger partial charge in [0.25, 0.3) is 5.91 Å². The predicted octanol–water partition coefficient (Wildman–Crippen LogP) is 1.60. The summed E-state index contributed by atoms with van der Waals surface area (Å²) in [5, 5.41) is 20.1. The largest absolute Gasteiger partial charge is 0.394 e. The van der Waals surface area contributed by atoms with E-state index >= 15 is 0 Å². The second-order valence-corrected chi connectivity index (χ2v) is 5.44. The molecule has 1 heterocycles. The van der Waals surface area contributed by atoms with Crippen LogP contribution < -0.4 is 5.32 Å². The Morgan fingerprint density at radius 2 is 2.00 bits per heavy atom. The zero-order valence-corrected chi connectivity index (χ0v) is 13.0. The van der Waals surface area contributed by atoms with E-state index in [4.69, 9.17) is 0 Å². The number of hydrogen-bond donors (Lipinski definition) is 2. The Balaban J connectivity index is 1.70. The molecule has 0 saturated carbocycles. The van der Waals surface area contributed by atoms with Crippen LogP contribution in [0, 0.1) is 0 Å². The number of hydrogen-bond acceptors (Lipinski definition) is 4. The monoisotopic (exact) mass is 322 g/mol. The average Bonchev–Trinajstić information content (AvgIpc) is 3.17. The quantitative estimate of drug-likeness (QED) is 0.722. The van der Waals surface area contributed by atoms with E-state index < -0.39 is 0 Å². The summed E-state index contributed by atoms with van der Waals surface area (Å²) < 4.78 is 1.59. The molecule has 2 N–H and O–H groups in total. The summed E-state index contributed by atoms with van der Waals surface area (Å²) in [5.74, 6) is -0.230. The lowest BCUT2D eigenvalue weighted by molar-refractivity contribution is 0.0916. The SMILES string of the molecule is O=C(NC(CO)Cc1ccccc1)c1cccc(-n2ccnn2)c1. The summed E-state index contributed by atoms with van der Waals surface area (Å²) in [7, 11) is 0. The predicted molar refractivity (Wildman–Crippen MR) is 89.8 cm³/mol. The molecule has 1 unspecified atom stereocenters. The fourth-order valence-corrected chi connectivity index (χ4v) is 2.46. The highest BCUT2D eigenvalue weighted by atomic mass is 16.3. The van der Waals surface area contributed by atoms with Crippen LogP contribution in [0.1, 0.15) is 15.9 Å². The molecule has 6 heteroatoms. The molecule has 0 radical (unpaired) electrons. The molecule has 1 amide bonds. The summed E-state index contributed by atoms with van der Waals surface area (Å²) in [6.07, 6.45) is 3.86. The molecular weight excluding hydrogens is 304 g/mol. The van der Waals surface area contributed by atoms with Gasteiger partial charge in [0.1, 0.15) is 0 Å². The van der Waals surface area contributed by atoms with Crippen molar-refractivity contribution in [2.75, 3.05) is 6.61 Å². The van der Waals surface area contributed by atoms with Crippen LogP contribution in [0.3, 0.4) is 0 Å². The van der Waals surface area contributed by atoms with Gasteiger partial charge < -0.3 is 10.4 Å². The molecule has 1 aromatic heterocycles. The van der Waals surface area contributed by atoms with Gasteiger partial charge in [-0.2, -0.15) is 0 Å². The fourth-order valence-electron chi connectivity index (χ4n) is 2.46. The Morgan fingerprint density at radius 3 is 2.71 bits per heavy atom. The lowest BCUT2D eigenvalue weighted by Crippen LogP contribution is -2.39. The summed E-state index contributed by atoms with van der Waals surface area (Å²) in [4.78, 5) is 12.5. The topological polar surface area (TPSA) is 80.0 Å². The third-order valence-electron chi connectivity index (χ3n) is 3.68. The number of nitrogens with zero attached hydrogens (tertiary/aromatic N) is 3. The second kappa shape index (κ2) is 7.52. The van der Waals surface area contributed by atoms with Crippen LogP contribution in [0.4, 0.5) is 0 Å². The number of aromatic nitrogens is 3. The standard InChI is InChI=1S/C18H18N4O2/c23-13-16(11-14-5-2-1-3-6-14)20-18(24)15-7-4-8-17(12-15)22-10-9-19-21-22/h1-10,12,16,23H,11,13H2,(H,20,24). The van der Waals surface area contributed by atoms with Crippen LogP contribution in [0.15, 0.2) is 67.0 Å². The fraction of sp³-hybridized carbons (Fsp3) is 0.167. The van der Waals surface area contributed by atoms with E-state index in [0.29, 0.717) is 12.0 Å². The van der Waals surface area contributed by atoms with E-state index in [1.807, 2.05) is 36.4 Å². The van der Waals surface area contributed by atoms with Gasteiger partial charge in [-0.25, -0.2) is 4.68 Å². The number of aliphatic hydroxyl groups is 1. The highest BCUT2D eigenvalue weighted by Gasteiger charge is 2.14. The van der Waals surface area contributed by atoms with Gasteiger partial charge in [0.15, 0.2) is 0 Å². The van der Waals surface area contributed by atoms with Crippen LogP contribution in [-0.2, 0) is 6.42 Å². The van der Waals surface area contributed by atoms with E-state index in [-0.39, 0.29) is 18.6 Å². The highest BCUT2D eigenvalue weighted by molar-refractivity contribution is 5.94. The molecule has 0 spiro atoms. The molecule has 1 atom stereocenters. The third-order valence-corrected chi connectivity index (χ3v) is 3.68. The summed E-state index contributed by atoms with van der Waals surface area (Å²) in [6, 6.07) is 16.5. The van der Waals surface area contributed by atoms with Crippen molar-refractivity contribution in [2.45, 2.75) is 12.5 Å². The zero-order chi connectivity index (χ0) is 16.8. The zero-order valence-electron chi connectivity index (χ0n) is 13.0. The van der Waals surface area contributed by atoms with Crippen molar-refractivity contribution in [1.29, 1.82) is 0 Å². The molecule has 122 valence electrons. The maximum atomic E-state index is 12.5. The van der Waals surface area contributed by atoms with E-state index in [1.165, 1.54) is 0 Å². The number of nitrogens with one attached hydrogen (secondary N) is 1. The Labute approximate surface area is 139 Å². The summed E-state index contributed by atoms with van der Waals surface area (Å²) in [5.41, 5.74) is 2.33. The van der Waals surface area contributed by atoms with Gasteiger partial charge in [-0.1, -0.05) is 41.6 Å². The minimum atomic E-state index is -0.338. The molecule has 6 nitrogen and oxygen atoms in total. The second-order valence-electron chi connectivity index (χ2n) is 5.44. The molecular formula is C18H18N4O2. The van der Waals surface area contributed by atoms with E-state index in [9.17, 15) is 9.90 Å². The Bertz CT molecular complexity index is 788. The molecule has 0 aliphatic rings. The number of amides is 1. The normalized spacial score (nSPS) is 11.9. The number of carbonyl (C=O) groups is 1. The minimum absolute atomic E-state index is 0.122. The van der Waals surface area contributed by atoms with Crippen LogP contribution in [-0.4, -0.2) is 38.7 Å². The molecule has 0 bridgehead atoms. The smallest absolute Gasteiger partial charge is 0.251 e. The molecule has 3 aromatic rings. The number of rotatable bonds is 6. The first-order valence-corrected chi connectivity index (χ1v) is 7.68. The van der Waals surface area contributed by atoms with Crippen LogP contribution >= 0.6 is 0 Å². The number of aliphatic hydroxyl groups excluding tert-OH is 1. The van der Waals surface area contributed by atoms with Gasteiger partial charge >= 0.3 is 0 Å². The number of benzene rings is 2. The van der Waals surface area contributed by atoms with Gasteiger partial charge in [-0.15, -0.1) is 5.10 Å². The Kier molecular flexibility index (Phi) is 4.98. The minimum Gasteiger partial charge on any atom is -0.394 e. The lowest BCUT2D eigenvalue weighted by atomic mass is 10.1. The lowest BCUT2D eigenvalue weighted by Gasteiger charge is -2.16. The van der Waals surface area contributed by atoms with Gasteiger partial charge in [0.05, 0.1) is 30.7 Å². The van der Waals surface area contributed by atoms with E-state index in [1.54, 1.807) is 35.3 Å². The van der Waals surface area contributed by atoms with Crippen molar-refractivity contribution < 1.29 is 9.90 Å². The molecule has 24 heavy (non-hydrogen) atoms. The van der Waals surface area contributed by atoms with Gasteiger partial charge in [0, 0.05) is 5.56 Å². The van der Waals surface area contributed by atoms with Gasteiger partial charge in [0.2, 0.25) is 0 Å². The van der Waals surface area contributed by atoms with Crippen molar-refractivity contribution >= 4 is 5.91 Å². The molecule has 0 aliphatic carbocycles. The molecule has 0 saturated heterocycles. The Morgan fingerprint density at radius 1 is 1.17 bits per heavy atom. The Hall–Kier alpha value is -2.99. The molecule has 3 rings (SSSR count).